The molecule has 5 atom stereocenters. The fourth-order valence-corrected chi connectivity index (χ4v) is 3.32. The maximum Gasteiger partial charge on any atom is 0.187 e. The van der Waals surface area contributed by atoms with Gasteiger partial charge >= 0.3 is 0 Å². The summed E-state index contributed by atoms with van der Waals surface area (Å²) < 4.78 is 23.9. The SMILES string of the molecule is CC(=O)/C=C/[C@@H](OCc1ccccc1)[C@H]1O[C@@H]2OC(C)(C)O[C@H]2C1C. The maximum absolute atomic E-state index is 11.4. The van der Waals surface area contributed by atoms with E-state index < -0.39 is 12.1 Å². The number of fused-ring (bicyclic) bond motifs is 1. The van der Waals surface area contributed by atoms with Gasteiger partial charge in [-0.3, -0.25) is 4.79 Å². The molecule has 2 aliphatic heterocycles. The number of carbonyl (C=O) groups excluding carboxylic acids is 1. The predicted molar refractivity (Wildman–Crippen MR) is 92.7 cm³/mol. The van der Waals surface area contributed by atoms with Crippen LogP contribution in [0.2, 0.25) is 0 Å². The second-order valence-corrected chi connectivity index (χ2v) is 7.16. The van der Waals surface area contributed by atoms with Crippen molar-refractivity contribution in [3.63, 3.8) is 0 Å². The van der Waals surface area contributed by atoms with E-state index in [9.17, 15) is 4.79 Å². The van der Waals surface area contributed by atoms with Crippen molar-refractivity contribution in [3.05, 3.63) is 48.0 Å². The van der Waals surface area contributed by atoms with Crippen molar-refractivity contribution >= 4 is 5.78 Å². The first-order valence-electron chi connectivity index (χ1n) is 8.71. The minimum atomic E-state index is -0.635. The minimum Gasteiger partial charge on any atom is -0.367 e. The Morgan fingerprint density at radius 2 is 2.00 bits per heavy atom. The lowest BCUT2D eigenvalue weighted by Gasteiger charge is -2.28. The average Bonchev–Trinajstić information content (AvgIpc) is 3.02. The van der Waals surface area contributed by atoms with Gasteiger partial charge in [-0.05, 0) is 38.5 Å². The van der Waals surface area contributed by atoms with Gasteiger partial charge in [-0.15, -0.1) is 0 Å². The number of ether oxygens (including phenoxy) is 4. The van der Waals surface area contributed by atoms with Gasteiger partial charge in [0.05, 0.1) is 12.7 Å². The van der Waals surface area contributed by atoms with Crippen LogP contribution in [0.3, 0.4) is 0 Å². The van der Waals surface area contributed by atoms with Crippen molar-refractivity contribution in [2.75, 3.05) is 0 Å². The molecule has 0 bridgehead atoms. The molecule has 136 valence electrons. The molecule has 5 nitrogen and oxygen atoms in total. The van der Waals surface area contributed by atoms with E-state index in [1.54, 1.807) is 6.08 Å². The molecular formula is C20H26O5. The molecule has 0 amide bonds. The minimum absolute atomic E-state index is 0.0206. The number of benzene rings is 1. The number of ketones is 1. The molecule has 3 rings (SSSR count). The molecule has 0 N–H and O–H groups in total. The molecule has 0 spiro atoms. The van der Waals surface area contributed by atoms with E-state index in [0.717, 1.165) is 5.56 Å². The van der Waals surface area contributed by atoms with Crippen LogP contribution in [0.1, 0.15) is 33.3 Å². The summed E-state index contributed by atoms with van der Waals surface area (Å²) in [6, 6.07) is 9.93. The van der Waals surface area contributed by atoms with E-state index in [2.05, 4.69) is 6.92 Å². The summed E-state index contributed by atoms with van der Waals surface area (Å²) in [5, 5.41) is 0. The first kappa shape index (κ1) is 18.3. The van der Waals surface area contributed by atoms with Crippen molar-refractivity contribution in [1.29, 1.82) is 0 Å². The van der Waals surface area contributed by atoms with Crippen LogP contribution < -0.4 is 0 Å². The summed E-state index contributed by atoms with van der Waals surface area (Å²) in [4.78, 5) is 11.4. The Morgan fingerprint density at radius 3 is 2.64 bits per heavy atom. The summed E-state index contributed by atoms with van der Waals surface area (Å²) >= 11 is 0. The van der Waals surface area contributed by atoms with Crippen LogP contribution in [-0.4, -0.2) is 36.2 Å². The summed E-state index contributed by atoms with van der Waals surface area (Å²) in [5.41, 5.74) is 1.07. The number of hydrogen-bond donors (Lipinski definition) is 0. The van der Waals surface area contributed by atoms with Crippen LogP contribution in [0.5, 0.6) is 0 Å². The zero-order valence-corrected chi connectivity index (χ0v) is 15.2. The summed E-state index contributed by atoms with van der Waals surface area (Å²) in [7, 11) is 0. The first-order valence-corrected chi connectivity index (χ1v) is 8.71. The van der Waals surface area contributed by atoms with Crippen LogP contribution >= 0.6 is 0 Å². The van der Waals surface area contributed by atoms with Crippen molar-refractivity contribution in [2.24, 2.45) is 5.92 Å². The van der Waals surface area contributed by atoms with Crippen LogP contribution in [-0.2, 0) is 30.3 Å². The molecule has 0 saturated carbocycles. The zero-order chi connectivity index (χ0) is 18.0. The normalized spacial score (nSPS) is 32.0. The van der Waals surface area contributed by atoms with Gasteiger partial charge in [0, 0.05) is 5.92 Å². The third kappa shape index (κ3) is 4.36. The molecule has 0 aromatic heterocycles. The fourth-order valence-electron chi connectivity index (χ4n) is 3.32. The summed E-state index contributed by atoms with van der Waals surface area (Å²) in [6.45, 7) is 7.81. The molecule has 2 saturated heterocycles. The van der Waals surface area contributed by atoms with Crippen LogP contribution in [0.4, 0.5) is 0 Å². The molecule has 2 aliphatic rings. The molecular weight excluding hydrogens is 320 g/mol. The van der Waals surface area contributed by atoms with Crippen LogP contribution in [0, 0.1) is 5.92 Å². The molecule has 25 heavy (non-hydrogen) atoms. The highest BCUT2D eigenvalue weighted by Crippen LogP contribution is 2.42. The van der Waals surface area contributed by atoms with Crippen LogP contribution in [0.25, 0.3) is 0 Å². The van der Waals surface area contributed by atoms with Crippen LogP contribution in [0.15, 0.2) is 42.5 Å². The molecule has 2 fully saturated rings. The van der Waals surface area contributed by atoms with Crippen molar-refractivity contribution in [2.45, 2.75) is 64.7 Å². The lowest BCUT2D eigenvalue weighted by atomic mass is 9.96. The van der Waals surface area contributed by atoms with Crippen molar-refractivity contribution in [1.82, 2.24) is 0 Å². The van der Waals surface area contributed by atoms with E-state index in [0.29, 0.717) is 6.61 Å². The Hall–Kier alpha value is -1.53. The first-order chi connectivity index (χ1) is 11.9. The Kier molecular flexibility index (Phi) is 5.39. The molecule has 5 heteroatoms. The lowest BCUT2D eigenvalue weighted by molar-refractivity contribution is -0.219. The molecule has 1 aromatic rings. The van der Waals surface area contributed by atoms with Gasteiger partial charge in [0.1, 0.15) is 12.2 Å². The van der Waals surface area contributed by atoms with Crippen molar-refractivity contribution < 1.29 is 23.7 Å². The number of allylic oxidation sites excluding steroid dienone is 1. The Labute approximate surface area is 148 Å². The molecule has 1 unspecified atom stereocenters. The third-order valence-corrected chi connectivity index (χ3v) is 4.55. The third-order valence-electron chi connectivity index (χ3n) is 4.55. The van der Waals surface area contributed by atoms with Gasteiger partial charge in [0.25, 0.3) is 0 Å². The predicted octanol–water partition coefficient (Wildman–Crippen LogP) is 3.23. The number of carbonyl (C=O) groups is 1. The van der Waals surface area contributed by atoms with Gasteiger partial charge in [0.15, 0.2) is 17.9 Å². The summed E-state index contributed by atoms with van der Waals surface area (Å²) in [5.74, 6) is -0.568. The second kappa shape index (κ2) is 7.38. The largest absolute Gasteiger partial charge is 0.367 e. The highest BCUT2D eigenvalue weighted by atomic mass is 16.8. The summed E-state index contributed by atoms with van der Waals surface area (Å²) in [6.07, 6.45) is 2.20. The zero-order valence-electron chi connectivity index (χ0n) is 15.2. The van der Waals surface area contributed by atoms with Gasteiger partial charge in [0.2, 0.25) is 0 Å². The monoisotopic (exact) mass is 346 g/mol. The topological polar surface area (TPSA) is 54.0 Å². The highest BCUT2D eigenvalue weighted by Gasteiger charge is 2.54. The quantitative estimate of drug-likeness (QED) is 0.740. The highest BCUT2D eigenvalue weighted by molar-refractivity contribution is 5.87. The van der Waals surface area contributed by atoms with E-state index in [1.165, 1.54) is 13.0 Å². The molecule has 0 radical (unpaired) electrons. The second-order valence-electron chi connectivity index (χ2n) is 7.16. The van der Waals surface area contributed by atoms with E-state index in [-0.39, 0.29) is 30.0 Å². The van der Waals surface area contributed by atoms with Gasteiger partial charge in [-0.2, -0.15) is 0 Å². The Balaban J connectivity index is 1.70. The Morgan fingerprint density at radius 1 is 1.28 bits per heavy atom. The molecule has 0 aliphatic carbocycles. The fraction of sp³-hybridized carbons (Fsp3) is 0.550. The average molecular weight is 346 g/mol. The Bertz CT molecular complexity index is 624. The van der Waals surface area contributed by atoms with E-state index in [1.807, 2.05) is 44.2 Å². The number of hydrogen-bond acceptors (Lipinski definition) is 5. The maximum atomic E-state index is 11.4. The number of rotatable bonds is 6. The van der Waals surface area contributed by atoms with Gasteiger partial charge in [-0.25, -0.2) is 0 Å². The van der Waals surface area contributed by atoms with Gasteiger partial charge < -0.3 is 18.9 Å². The van der Waals surface area contributed by atoms with Gasteiger partial charge in [-0.1, -0.05) is 37.3 Å². The molecule has 1 aromatic carbocycles. The molecule has 2 heterocycles. The standard InChI is InChI=1S/C20H26O5/c1-13(21)10-11-16(22-12-15-8-6-5-7-9-15)17-14(2)18-19(23-17)25-20(3,4)24-18/h5-11,14,16-19H,12H2,1-4H3/b11-10+/t14?,16-,17+,18+,19-/m1/s1. The van der Waals surface area contributed by atoms with E-state index in [4.69, 9.17) is 18.9 Å². The van der Waals surface area contributed by atoms with Crippen molar-refractivity contribution in [3.8, 4) is 0 Å². The lowest BCUT2D eigenvalue weighted by Crippen LogP contribution is -2.36. The van der Waals surface area contributed by atoms with E-state index >= 15 is 0 Å². The smallest absolute Gasteiger partial charge is 0.187 e.